The van der Waals surface area contributed by atoms with Gasteiger partial charge in [-0.25, -0.2) is 4.98 Å². The number of rotatable bonds is 5. The minimum atomic E-state index is -0.412. The Hall–Kier alpha value is -3.32. The number of anilines is 1. The average Bonchev–Trinajstić information content (AvgIpc) is 3.10. The number of carbonyl (C=O) groups is 1. The molecule has 8 heteroatoms. The van der Waals surface area contributed by atoms with Crippen LogP contribution in [0.2, 0.25) is 5.02 Å². The van der Waals surface area contributed by atoms with Crippen molar-refractivity contribution in [2.75, 3.05) is 12.4 Å². The molecule has 2 aromatic carbocycles. The molecule has 3 aromatic rings. The molecule has 32 heavy (non-hydrogen) atoms. The number of benzene rings is 2. The fraction of sp³-hybridized carbons (Fsp3) is 0.292. The zero-order valence-electron chi connectivity index (χ0n) is 18.3. The van der Waals surface area contributed by atoms with Crippen molar-refractivity contribution in [2.45, 2.75) is 32.4 Å². The molecule has 1 aliphatic rings. The number of hydrogen-bond acceptors (Lipinski definition) is 6. The normalized spacial score (nSPS) is 17.0. The van der Waals surface area contributed by atoms with Crippen LogP contribution in [0.3, 0.4) is 0 Å². The molecule has 1 aliphatic carbocycles. The SMILES string of the molecule is COc1ccc(-c2nc(C)c(N[C@@H]3c4ccccc4C[C@@H]3OC(C)=O)c(=O)n2C)c(Cl)c1. The van der Waals surface area contributed by atoms with Crippen LogP contribution in [0.5, 0.6) is 5.75 Å². The lowest BCUT2D eigenvalue weighted by molar-refractivity contribution is -0.146. The molecule has 0 fully saturated rings. The van der Waals surface area contributed by atoms with Crippen molar-refractivity contribution >= 4 is 23.3 Å². The fourth-order valence-corrected chi connectivity index (χ4v) is 4.38. The lowest BCUT2D eigenvalue weighted by atomic mass is 10.1. The first kappa shape index (κ1) is 21.9. The van der Waals surface area contributed by atoms with E-state index >= 15 is 0 Å². The number of aryl methyl sites for hydroxylation is 1. The van der Waals surface area contributed by atoms with E-state index in [0.717, 1.165) is 11.1 Å². The maximum absolute atomic E-state index is 13.3. The van der Waals surface area contributed by atoms with Crippen molar-refractivity contribution in [3.05, 3.63) is 74.7 Å². The second-order valence-corrected chi connectivity index (χ2v) is 8.19. The highest BCUT2D eigenvalue weighted by Gasteiger charge is 2.35. The number of ether oxygens (including phenoxy) is 2. The van der Waals surface area contributed by atoms with E-state index in [4.69, 9.17) is 21.1 Å². The first-order valence-electron chi connectivity index (χ1n) is 10.2. The van der Waals surface area contributed by atoms with Crippen molar-refractivity contribution in [2.24, 2.45) is 7.05 Å². The molecule has 0 aliphatic heterocycles. The van der Waals surface area contributed by atoms with Crippen LogP contribution in [0, 0.1) is 6.92 Å². The van der Waals surface area contributed by atoms with E-state index in [1.165, 1.54) is 11.5 Å². The van der Waals surface area contributed by atoms with Crippen LogP contribution in [0.1, 0.15) is 29.8 Å². The summed E-state index contributed by atoms with van der Waals surface area (Å²) in [5.74, 6) is 0.714. The number of nitrogens with one attached hydrogen (secondary N) is 1. The Balaban J connectivity index is 1.74. The van der Waals surface area contributed by atoms with Gasteiger partial charge in [-0.1, -0.05) is 35.9 Å². The molecule has 0 unspecified atom stereocenters. The Morgan fingerprint density at radius 2 is 2.00 bits per heavy atom. The van der Waals surface area contributed by atoms with Gasteiger partial charge in [0.25, 0.3) is 5.56 Å². The summed E-state index contributed by atoms with van der Waals surface area (Å²) < 4.78 is 12.2. The number of aromatic nitrogens is 2. The number of carbonyl (C=O) groups excluding carboxylic acids is 1. The quantitative estimate of drug-likeness (QED) is 0.587. The highest BCUT2D eigenvalue weighted by molar-refractivity contribution is 6.33. The predicted molar refractivity (Wildman–Crippen MR) is 123 cm³/mol. The summed E-state index contributed by atoms with van der Waals surface area (Å²) in [5, 5.41) is 3.75. The summed E-state index contributed by atoms with van der Waals surface area (Å²) >= 11 is 6.42. The van der Waals surface area contributed by atoms with Gasteiger partial charge in [-0.05, 0) is 36.2 Å². The third kappa shape index (κ3) is 3.96. The molecule has 7 nitrogen and oxygen atoms in total. The van der Waals surface area contributed by atoms with E-state index in [0.29, 0.717) is 40.0 Å². The molecule has 0 amide bonds. The van der Waals surface area contributed by atoms with Crippen molar-refractivity contribution < 1.29 is 14.3 Å². The van der Waals surface area contributed by atoms with Crippen LogP contribution in [0.4, 0.5) is 5.69 Å². The van der Waals surface area contributed by atoms with Crippen LogP contribution >= 0.6 is 11.6 Å². The number of esters is 1. The van der Waals surface area contributed by atoms with E-state index in [1.807, 2.05) is 24.3 Å². The molecule has 4 rings (SSSR count). The smallest absolute Gasteiger partial charge is 0.302 e. The van der Waals surface area contributed by atoms with Crippen LogP contribution < -0.4 is 15.6 Å². The lowest BCUT2D eigenvalue weighted by Gasteiger charge is -2.24. The van der Waals surface area contributed by atoms with Gasteiger partial charge in [0, 0.05) is 26.0 Å². The summed E-state index contributed by atoms with van der Waals surface area (Å²) in [6.45, 7) is 3.16. The minimum Gasteiger partial charge on any atom is -0.497 e. The third-order valence-corrected chi connectivity index (χ3v) is 6.00. The molecule has 166 valence electrons. The molecule has 1 N–H and O–H groups in total. The molecule has 0 radical (unpaired) electrons. The Bertz CT molecular complexity index is 1250. The molecule has 0 spiro atoms. The summed E-state index contributed by atoms with van der Waals surface area (Å²) in [6.07, 6.45) is 0.171. The van der Waals surface area contributed by atoms with E-state index < -0.39 is 6.10 Å². The summed E-state index contributed by atoms with van der Waals surface area (Å²) in [4.78, 5) is 29.7. The van der Waals surface area contributed by atoms with Gasteiger partial charge in [0.15, 0.2) is 0 Å². The zero-order valence-corrected chi connectivity index (χ0v) is 19.1. The number of halogens is 1. The minimum absolute atomic E-state index is 0.245. The van der Waals surface area contributed by atoms with Gasteiger partial charge >= 0.3 is 5.97 Å². The number of methoxy groups -OCH3 is 1. The van der Waals surface area contributed by atoms with Gasteiger partial charge in [-0.15, -0.1) is 0 Å². The van der Waals surface area contributed by atoms with Crippen molar-refractivity contribution in [3.8, 4) is 17.1 Å². The van der Waals surface area contributed by atoms with Crippen LogP contribution in [0.25, 0.3) is 11.4 Å². The molecular formula is C24H24ClN3O4. The Kier molecular flexibility index (Phi) is 5.93. The molecule has 0 saturated heterocycles. The second kappa shape index (κ2) is 8.67. The largest absolute Gasteiger partial charge is 0.497 e. The van der Waals surface area contributed by atoms with Gasteiger partial charge in [-0.2, -0.15) is 0 Å². The highest BCUT2D eigenvalue weighted by Crippen LogP contribution is 2.36. The summed E-state index contributed by atoms with van der Waals surface area (Å²) in [7, 11) is 3.22. The van der Waals surface area contributed by atoms with E-state index in [-0.39, 0.29) is 17.6 Å². The lowest BCUT2D eigenvalue weighted by Crippen LogP contribution is -2.31. The zero-order chi connectivity index (χ0) is 23.0. The van der Waals surface area contributed by atoms with Gasteiger partial charge < -0.3 is 14.8 Å². The molecule has 0 bridgehead atoms. The third-order valence-electron chi connectivity index (χ3n) is 5.69. The molecule has 0 saturated carbocycles. The number of hydrogen-bond donors (Lipinski definition) is 1. The Morgan fingerprint density at radius 1 is 1.25 bits per heavy atom. The van der Waals surface area contributed by atoms with Gasteiger partial charge in [-0.3, -0.25) is 14.2 Å². The first-order valence-corrected chi connectivity index (χ1v) is 10.6. The summed E-state index contributed by atoms with van der Waals surface area (Å²) in [5.41, 5.74) is 3.36. The van der Waals surface area contributed by atoms with Crippen molar-refractivity contribution in [1.29, 1.82) is 0 Å². The molecule has 1 heterocycles. The van der Waals surface area contributed by atoms with Gasteiger partial charge in [0.05, 0.1) is 23.9 Å². The maximum atomic E-state index is 13.3. The molecule has 1 aromatic heterocycles. The fourth-order valence-electron chi connectivity index (χ4n) is 4.13. The monoisotopic (exact) mass is 453 g/mol. The van der Waals surface area contributed by atoms with E-state index in [2.05, 4.69) is 10.3 Å². The van der Waals surface area contributed by atoms with Crippen LogP contribution in [0.15, 0.2) is 47.3 Å². The average molecular weight is 454 g/mol. The first-order chi connectivity index (χ1) is 15.3. The van der Waals surface area contributed by atoms with Gasteiger partial charge in [0.1, 0.15) is 23.4 Å². The van der Waals surface area contributed by atoms with Crippen LogP contribution in [-0.2, 0) is 23.0 Å². The molecule has 2 atom stereocenters. The Morgan fingerprint density at radius 3 is 2.69 bits per heavy atom. The van der Waals surface area contributed by atoms with E-state index in [9.17, 15) is 9.59 Å². The number of nitrogens with zero attached hydrogens (tertiary/aromatic N) is 2. The van der Waals surface area contributed by atoms with E-state index in [1.54, 1.807) is 39.3 Å². The second-order valence-electron chi connectivity index (χ2n) is 7.78. The highest BCUT2D eigenvalue weighted by atomic mass is 35.5. The number of fused-ring (bicyclic) bond motifs is 1. The van der Waals surface area contributed by atoms with Crippen LogP contribution in [-0.4, -0.2) is 28.7 Å². The topological polar surface area (TPSA) is 82.4 Å². The standard InChI is InChI=1S/C24H24ClN3O4/c1-13-21(27-22-17-8-6-5-7-15(17)11-20(22)32-14(2)29)24(30)28(3)23(26-13)18-10-9-16(31-4)12-19(18)25/h5-10,12,20,22,27H,11H2,1-4H3/t20-,22+/m0/s1. The predicted octanol–water partition coefficient (Wildman–Crippen LogP) is 4.06. The molecular weight excluding hydrogens is 430 g/mol. The van der Waals surface area contributed by atoms with Crippen molar-refractivity contribution in [3.63, 3.8) is 0 Å². The maximum Gasteiger partial charge on any atom is 0.302 e. The van der Waals surface area contributed by atoms with Gasteiger partial charge in [0.2, 0.25) is 0 Å². The van der Waals surface area contributed by atoms with Crippen molar-refractivity contribution in [1.82, 2.24) is 9.55 Å². The summed E-state index contributed by atoms with van der Waals surface area (Å²) in [6, 6.07) is 12.8. The Labute approximate surface area is 191 Å².